The molecule has 0 atom stereocenters. The third-order valence-electron chi connectivity index (χ3n) is 2.09. The number of halogens is 2. The summed E-state index contributed by atoms with van der Waals surface area (Å²) in [5, 5.41) is 8.47. The lowest BCUT2D eigenvalue weighted by Gasteiger charge is -2.08. The Bertz CT molecular complexity index is 355. The van der Waals surface area contributed by atoms with E-state index in [0.717, 1.165) is 0 Å². The van der Waals surface area contributed by atoms with Crippen LogP contribution in [0.15, 0.2) is 18.2 Å². The van der Waals surface area contributed by atoms with Crippen molar-refractivity contribution in [3.05, 3.63) is 29.6 Å². The van der Waals surface area contributed by atoms with E-state index in [2.05, 4.69) is 0 Å². The molecule has 0 saturated heterocycles. The fraction of sp³-hybridized carbons (Fsp3) is 0.364. The Labute approximate surface area is 104 Å². The summed E-state index contributed by atoms with van der Waals surface area (Å²) in [5.74, 6) is -1.04. The number of carboxylic acid groups (broad SMARTS) is 1. The predicted octanol–water partition coefficient (Wildman–Crippen LogP) is 2.82. The largest absolute Gasteiger partial charge is 0.493 e. The minimum absolute atomic E-state index is 0. The van der Waals surface area contributed by atoms with E-state index < -0.39 is 11.8 Å². The first kappa shape index (κ1) is 14.9. The molecule has 3 nitrogen and oxygen atoms in total. The number of para-hydroxylation sites is 1. The van der Waals surface area contributed by atoms with Gasteiger partial charge in [-0.3, -0.25) is 4.79 Å². The van der Waals surface area contributed by atoms with Gasteiger partial charge in [0.25, 0.3) is 0 Å². The van der Waals surface area contributed by atoms with Crippen LogP contribution < -0.4 is 4.74 Å². The number of aryl methyl sites for hydroxylation is 1. The summed E-state index contributed by atoms with van der Waals surface area (Å²) in [6.07, 6.45) is 1.07. The number of ether oxygens (including phenoxy) is 1. The molecule has 5 heteroatoms. The van der Waals surface area contributed by atoms with Gasteiger partial charge in [-0.2, -0.15) is 0 Å². The average Bonchev–Trinajstić information content (AvgIpc) is 2.17. The predicted molar refractivity (Wildman–Crippen MR) is 63.8 cm³/mol. The summed E-state index contributed by atoms with van der Waals surface area (Å²) in [5.41, 5.74) is 0.707. The standard InChI is InChI=1S/C11H13FO3.BrH/c1-15-11-8(4-2-6-9(11)12)5-3-7-10(13)14;/h2,4,6H,3,5,7H2,1H3,(H,13,14);1H. The maximum Gasteiger partial charge on any atom is 0.303 e. The number of rotatable bonds is 5. The monoisotopic (exact) mass is 292 g/mol. The Morgan fingerprint density at radius 1 is 1.50 bits per heavy atom. The molecular formula is C11H14BrFO3. The van der Waals surface area contributed by atoms with E-state index in [4.69, 9.17) is 9.84 Å². The van der Waals surface area contributed by atoms with Crippen LogP contribution in [0.2, 0.25) is 0 Å². The molecule has 0 aliphatic carbocycles. The van der Waals surface area contributed by atoms with Crippen LogP contribution in [0.5, 0.6) is 5.75 Å². The fourth-order valence-corrected chi connectivity index (χ4v) is 1.41. The van der Waals surface area contributed by atoms with Gasteiger partial charge < -0.3 is 9.84 Å². The Morgan fingerprint density at radius 3 is 2.75 bits per heavy atom. The van der Waals surface area contributed by atoms with Crippen LogP contribution in [-0.2, 0) is 11.2 Å². The zero-order chi connectivity index (χ0) is 11.3. The molecule has 1 aromatic carbocycles. The Hall–Kier alpha value is -1.10. The van der Waals surface area contributed by atoms with Gasteiger partial charge in [0.05, 0.1) is 7.11 Å². The van der Waals surface area contributed by atoms with Gasteiger partial charge in [0, 0.05) is 6.42 Å². The molecule has 0 saturated carbocycles. The number of hydrogen-bond donors (Lipinski definition) is 1. The van der Waals surface area contributed by atoms with Crippen molar-refractivity contribution >= 4 is 23.0 Å². The van der Waals surface area contributed by atoms with Crippen LogP contribution in [-0.4, -0.2) is 18.2 Å². The lowest BCUT2D eigenvalue weighted by atomic mass is 10.1. The number of aliphatic carboxylic acids is 1. The topological polar surface area (TPSA) is 46.5 Å². The Balaban J connectivity index is 0.00000225. The van der Waals surface area contributed by atoms with E-state index >= 15 is 0 Å². The molecule has 0 radical (unpaired) electrons. The fourth-order valence-electron chi connectivity index (χ4n) is 1.41. The van der Waals surface area contributed by atoms with Crippen LogP contribution in [0.3, 0.4) is 0 Å². The van der Waals surface area contributed by atoms with Crippen molar-refractivity contribution < 1.29 is 19.0 Å². The minimum Gasteiger partial charge on any atom is -0.493 e. The number of hydrogen-bond acceptors (Lipinski definition) is 2. The minimum atomic E-state index is -0.842. The maximum atomic E-state index is 13.2. The van der Waals surface area contributed by atoms with E-state index in [1.807, 2.05) is 0 Å². The van der Waals surface area contributed by atoms with E-state index in [1.165, 1.54) is 13.2 Å². The first-order valence-corrected chi connectivity index (χ1v) is 4.68. The van der Waals surface area contributed by atoms with Gasteiger partial charge in [-0.25, -0.2) is 4.39 Å². The van der Waals surface area contributed by atoms with Gasteiger partial charge in [-0.05, 0) is 24.5 Å². The van der Waals surface area contributed by atoms with Gasteiger partial charge in [-0.1, -0.05) is 12.1 Å². The second-order valence-electron chi connectivity index (χ2n) is 3.18. The summed E-state index contributed by atoms with van der Waals surface area (Å²) in [6.45, 7) is 0. The first-order valence-electron chi connectivity index (χ1n) is 4.68. The molecule has 0 aliphatic rings. The summed E-state index contributed by atoms with van der Waals surface area (Å²) in [6, 6.07) is 4.65. The third kappa shape index (κ3) is 4.18. The van der Waals surface area contributed by atoms with Crippen molar-refractivity contribution in [2.75, 3.05) is 7.11 Å². The molecule has 1 rings (SSSR count). The molecule has 1 aromatic rings. The molecule has 0 aliphatic heterocycles. The van der Waals surface area contributed by atoms with E-state index in [-0.39, 0.29) is 29.2 Å². The molecule has 0 fully saturated rings. The number of carbonyl (C=O) groups is 1. The molecular weight excluding hydrogens is 279 g/mol. The van der Waals surface area contributed by atoms with Crippen LogP contribution in [0.25, 0.3) is 0 Å². The average molecular weight is 293 g/mol. The molecule has 0 bridgehead atoms. The van der Waals surface area contributed by atoms with Gasteiger partial charge in [0.1, 0.15) is 0 Å². The number of benzene rings is 1. The second-order valence-corrected chi connectivity index (χ2v) is 3.18. The van der Waals surface area contributed by atoms with Crippen LogP contribution in [0, 0.1) is 5.82 Å². The number of methoxy groups -OCH3 is 1. The number of carboxylic acids is 1. The first-order chi connectivity index (χ1) is 7.15. The van der Waals surface area contributed by atoms with Gasteiger partial charge >= 0.3 is 5.97 Å². The third-order valence-corrected chi connectivity index (χ3v) is 2.09. The zero-order valence-corrected chi connectivity index (χ0v) is 10.6. The van der Waals surface area contributed by atoms with Crippen LogP contribution in [0.1, 0.15) is 18.4 Å². The van der Waals surface area contributed by atoms with Crippen molar-refractivity contribution in [3.63, 3.8) is 0 Å². The molecule has 16 heavy (non-hydrogen) atoms. The van der Waals surface area contributed by atoms with Crippen LogP contribution in [0.4, 0.5) is 4.39 Å². The van der Waals surface area contributed by atoms with Crippen LogP contribution >= 0.6 is 17.0 Å². The summed E-state index contributed by atoms with van der Waals surface area (Å²) in [4.78, 5) is 10.3. The molecule has 0 aromatic heterocycles. The summed E-state index contributed by atoms with van der Waals surface area (Å²) >= 11 is 0. The lowest BCUT2D eigenvalue weighted by molar-refractivity contribution is -0.137. The molecule has 0 unspecified atom stereocenters. The second kappa shape index (κ2) is 7.22. The van der Waals surface area contributed by atoms with Crippen molar-refractivity contribution in [1.29, 1.82) is 0 Å². The van der Waals surface area contributed by atoms with Crippen molar-refractivity contribution in [2.24, 2.45) is 0 Å². The molecule has 0 spiro atoms. The van der Waals surface area contributed by atoms with Crippen molar-refractivity contribution in [1.82, 2.24) is 0 Å². The summed E-state index contributed by atoms with van der Waals surface area (Å²) in [7, 11) is 1.40. The molecule has 1 N–H and O–H groups in total. The van der Waals surface area contributed by atoms with Gasteiger partial charge in [-0.15, -0.1) is 17.0 Å². The SMILES string of the molecule is Br.COc1c(F)cccc1CCCC(=O)O. The molecule has 90 valence electrons. The normalized spacial score (nSPS) is 9.38. The van der Waals surface area contributed by atoms with Crippen molar-refractivity contribution in [3.8, 4) is 5.75 Å². The van der Waals surface area contributed by atoms with Crippen molar-refractivity contribution in [2.45, 2.75) is 19.3 Å². The quantitative estimate of drug-likeness (QED) is 0.908. The van der Waals surface area contributed by atoms with E-state index in [9.17, 15) is 9.18 Å². The highest BCUT2D eigenvalue weighted by molar-refractivity contribution is 8.93. The Morgan fingerprint density at radius 2 is 2.19 bits per heavy atom. The maximum absolute atomic E-state index is 13.2. The highest BCUT2D eigenvalue weighted by atomic mass is 79.9. The lowest BCUT2D eigenvalue weighted by Crippen LogP contribution is -1.99. The van der Waals surface area contributed by atoms with Gasteiger partial charge in [0.2, 0.25) is 0 Å². The van der Waals surface area contributed by atoms with E-state index in [0.29, 0.717) is 18.4 Å². The van der Waals surface area contributed by atoms with Gasteiger partial charge in [0.15, 0.2) is 11.6 Å². The molecule has 0 amide bonds. The highest BCUT2D eigenvalue weighted by Gasteiger charge is 2.08. The van der Waals surface area contributed by atoms with E-state index in [1.54, 1.807) is 12.1 Å². The summed E-state index contributed by atoms with van der Waals surface area (Å²) < 4.78 is 18.1. The highest BCUT2D eigenvalue weighted by Crippen LogP contribution is 2.23. The zero-order valence-electron chi connectivity index (χ0n) is 8.90. The smallest absolute Gasteiger partial charge is 0.303 e. The molecule has 0 heterocycles. The Kier molecular flexibility index (Phi) is 6.72.